The first kappa shape index (κ1) is 22.7. The Morgan fingerprint density at radius 3 is 2.03 bits per heavy atom. The van der Waals surface area contributed by atoms with Crippen molar-refractivity contribution < 1.29 is 23.1 Å². The number of halogens is 3. The van der Waals surface area contributed by atoms with Gasteiger partial charge in [-0.2, -0.15) is 13.2 Å². The number of aromatic carboxylic acids is 1. The molecule has 0 spiro atoms. The summed E-state index contributed by atoms with van der Waals surface area (Å²) in [7, 11) is 0. The van der Waals surface area contributed by atoms with E-state index in [4.69, 9.17) is 5.11 Å². The molecule has 0 bridgehead atoms. The second-order valence-corrected chi connectivity index (χ2v) is 8.39. The van der Waals surface area contributed by atoms with Crippen molar-refractivity contribution in [2.75, 3.05) is 10.6 Å². The number of hydrogen-bond acceptors (Lipinski definition) is 3. The quantitative estimate of drug-likeness (QED) is 0.354. The standard InChI is InChI=1S/C26H25F3N2O2/c27-26(28,29)20-14-23(16-24(15-20)31-22-8-4-7-19(13-22)25(32)33)30-21-11-9-18(10-12-21)17-5-2-1-3-6-17/h4,7-17,30-31H,1-3,5-6H2,(H,32,33). The van der Waals surface area contributed by atoms with E-state index < -0.39 is 17.7 Å². The minimum atomic E-state index is -4.53. The Balaban J connectivity index is 1.57. The molecule has 3 aromatic rings. The lowest BCUT2D eigenvalue weighted by molar-refractivity contribution is -0.137. The van der Waals surface area contributed by atoms with Crippen molar-refractivity contribution in [2.24, 2.45) is 0 Å². The normalized spacial score (nSPS) is 14.6. The lowest BCUT2D eigenvalue weighted by atomic mass is 9.84. The number of benzene rings is 3. The van der Waals surface area contributed by atoms with Gasteiger partial charge in [-0.05, 0) is 72.9 Å². The summed E-state index contributed by atoms with van der Waals surface area (Å²) in [6.07, 6.45) is 1.58. The minimum absolute atomic E-state index is 0.0448. The Kier molecular flexibility index (Phi) is 6.58. The van der Waals surface area contributed by atoms with Crippen LogP contribution in [0.25, 0.3) is 0 Å². The third-order valence-electron chi connectivity index (χ3n) is 5.93. The van der Waals surface area contributed by atoms with Crippen molar-refractivity contribution in [2.45, 2.75) is 44.2 Å². The summed E-state index contributed by atoms with van der Waals surface area (Å²) in [4.78, 5) is 11.2. The number of carbonyl (C=O) groups is 1. The van der Waals surface area contributed by atoms with Crippen LogP contribution in [0.4, 0.5) is 35.9 Å². The minimum Gasteiger partial charge on any atom is -0.478 e. The van der Waals surface area contributed by atoms with Gasteiger partial charge in [0.05, 0.1) is 11.1 Å². The molecule has 0 unspecified atom stereocenters. The summed E-state index contributed by atoms with van der Waals surface area (Å²) < 4.78 is 40.6. The van der Waals surface area contributed by atoms with E-state index in [-0.39, 0.29) is 16.9 Å². The molecule has 1 aliphatic carbocycles. The van der Waals surface area contributed by atoms with Crippen molar-refractivity contribution >= 4 is 28.7 Å². The largest absolute Gasteiger partial charge is 0.478 e. The molecule has 0 atom stereocenters. The molecule has 7 heteroatoms. The Labute approximate surface area is 190 Å². The molecular formula is C26H25F3N2O2. The molecule has 0 aromatic heterocycles. The third kappa shape index (κ3) is 5.86. The number of carboxylic acids is 1. The number of anilines is 4. The zero-order valence-corrected chi connectivity index (χ0v) is 18.0. The summed E-state index contributed by atoms with van der Waals surface area (Å²) in [5.41, 5.74) is 2.09. The van der Waals surface area contributed by atoms with E-state index in [0.29, 0.717) is 17.3 Å². The fourth-order valence-electron chi connectivity index (χ4n) is 4.27. The Morgan fingerprint density at radius 1 is 0.788 bits per heavy atom. The molecule has 0 saturated heterocycles. The molecule has 4 nitrogen and oxygen atoms in total. The van der Waals surface area contributed by atoms with Crippen LogP contribution in [0.5, 0.6) is 0 Å². The molecule has 0 radical (unpaired) electrons. The van der Waals surface area contributed by atoms with Gasteiger partial charge in [0.2, 0.25) is 0 Å². The number of carboxylic acid groups (broad SMARTS) is 1. The molecule has 1 aliphatic rings. The molecule has 172 valence electrons. The van der Waals surface area contributed by atoms with Crippen LogP contribution in [0, 0.1) is 0 Å². The predicted molar refractivity (Wildman–Crippen MR) is 124 cm³/mol. The highest BCUT2D eigenvalue weighted by Gasteiger charge is 2.31. The molecule has 1 fully saturated rings. The van der Waals surface area contributed by atoms with Crippen LogP contribution < -0.4 is 10.6 Å². The molecule has 33 heavy (non-hydrogen) atoms. The number of alkyl halides is 3. The molecule has 0 amide bonds. The maximum absolute atomic E-state index is 13.5. The smallest absolute Gasteiger partial charge is 0.416 e. The Bertz CT molecular complexity index is 1120. The van der Waals surface area contributed by atoms with Gasteiger partial charge in [-0.25, -0.2) is 4.79 Å². The molecule has 0 aliphatic heterocycles. The van der Waals surface area contributed by atoms with E-state index in [1.54, 1.807) is 12.1 Å². The summed E-state index contributed by atoms with van der Waals surface area (Å²) >= 11 is 0. The molecule has 0 heterocycles. The average Bonchev–Trinajstić information content (AvgIpc) is 2.79. The van der Waals surface area contributed by atoms with Crippen LogP contribution in [0.3, 0.4) is 0 Å². The summed E-state index contributed by atoms with van der Waals surface area (Å²) in [5, 5.41) is 15.1. The molecular weight excluding hydrogens is 429 g/mol. The second-order valence-electron chi connectivity index (χ2n) is 8.39. The summed E-state index contributed by atoms with van der Waals surface area (Å²) in [6.45, 7) is 0. The zero-order chi connectivity index (χ0) is 23.4. The van der Waals surface area contributed by atoms with Crippen molar-refractivity contribution in [1.82, 2.24) is 0 Å². The van der Waals surface area contributed by atoms with Crippen molar-refractivity contribution in [3.05, 3.63) is 83.4 Å². The third-order valence-corrected chi connectivity index (χ3v) is 5.93. The average molecular weight is 454 g/mol. The van der Waals surface area contributed by atoms with Gasteiger partial charge in [-0.1, -0.05) is 37.5 Å². The first-order valence-corrected chi connectivity index (χ1v) is 11.0. The first-order valence-electron chi connectivity index (χ1n) is 11.0. The zero-order valence-electron chi connectivity index (χ0n) is 18.0. The Morgan fingerprint density at radius 2 is 1.42 bits per heavy atom. The van der Waals surface area contributed by atoms with E-state index in [0.717, 1.165) is 12.1 Å². The van der Waals surface area contributed by atoms with Gasteiger partial charge in [-0.3, -0.25) is 0 Å². The van der Waals surface area contributed by atoms with Crippen LogP contribution in [0.2, 0.25) is 0 Å². The summed E-state index contributed by atoms with van der Waals surface area (Å²) in [5.74, 6) is -0.555. The first-order chi connectivity index (χ1) is 15.8. The van der Waals surface area contributed by atoms with Gasteiger partial charge >= 0.3 is 12.1 Å². The molecule has 3 aromatic carbocycles. The lowest BCUT2D eigenvalue weighted by Gasteiger charge is -2.22. The van der Waals surface area contributed by atoms with Crippen LogP contribution >= 0.6 is 0 Å². The van der Waals surface area contributed by atoms with Gasteiger partial charge in [0.1, 0.15) is 0 Å². The van der Waals surface area contributed by atoms with Gasteiger partial charge in [0.25, 0.3) is 0 Å². The topological polar surface area (TPSA) is 61.4 Å². The second kappa shape index (κ2) is 9.57. The molecule has 4 rings (SSSR count). The molecule has 1 saturated carbocycles. The van der Waals surface area contributed by atoms with Gasteiger partial charge in [0.15, 0.2) is 0 Å². The summed E-state index contributed by atoms with van der Waals surface area (Å²) in [6, 6.07) is 17.4. The van der Waals surface area contributed by atoms with E-state index >= 15 is 0 Å². The van der Waals surface area contributed by atoms with E-state index in [9.17, 15) is 18.0 Å². The number of hydrogen-bond donors (Lipinski definition) is 3. The monoisotopic (exact) mass is 454 g/mol. The van der Waals surface area contributed by atoms with Gasteiger partial charge in [0, 0.05) is 22.7 Å². The lowest BCUT2D eigenvalue weighted by Crippen LogP contribution is -2.07. The number of rotatable bonds is 6. The predicted octanol–water partition coefficient (Wildman–Crippen LogP) is 7.94. The van der Waals surface area contributed by atoms with Gasteiger partial charge in [-0.15, -0.1) is 0 Å². The van der Waals surface area contributed by atoms with Crippen LogP contribution in [0.1, 0.15) is 59.5 Å². The van der Waals surface area contributed by atoms with Crippen molar-refractivity contribution in [3.8, 4) is 0 Å². The molecule has 3 N–H and O–H groups in total. The fourth-order valence-corrected chi connectivity index (χ4v) is 4.27. The van der Waals surface area contributed by atoms with Crippen LogP contribution in [0.15, 0.2) is 66.7 Å². The maximum Gasteiger partial charge on any atom is 0.416 e. The maximum atomic E-state index is 13.5. The van der Waals surface area contributed by atoms with E-state index in [1.165, 1.54) is 55.9 Å². The van der Waals surface area contributed by atoms with Crippen LogP contribution in [-0.4, -0.2) is 11.1 Å². The van der Waals surface area contributed by atoms with Crippen LogP contribution in [-0.2, 0) is 6.18 Å². The van der Waals surface area contributed by atoms with E-state index in [2.05, 4.69) is 10.6 Å². The highest BCUT2D eigenvalue weighted by Crippen LogP contribution is 2.36. The van der Waals surface area contributed by atoms with E-state index in [1.807, 2.05) is 24.3 Å². The van der Waals surface area contributed by atoms with Gasteiger partial charge < -0.3 is 15.7 Å². The highest BCUT2D eigenvalue weighted by molar-refractivity contribution is 5.89. The SMILES string of the molecule is O=C(O)c1cccc(Nc2cc(Nc3ccc(C4CCCCC4)cc3)cc(C(F)(F)F)c2)c1. The Hall–Kier alpha value is -3.48. The van der Waals surface area contributed by atoms with Crippen molar-refractivity contribution in [3.63, 3.8) is 0 Å². The number of nitrogens with one attached hydrogen (secondary N) is 2. The highest BCUT2D eigenvalue weighted by atomic mass is 19.4. The fraction of sp³-hybridized carbons (Fsp3) is 0.269. The van der Waals surface area contributed by atoms with Crippen molar-refractivity contribution in [1.29, 1.82) is 0 Å².